The zero-order chi connectivity index (χ0) is 18.4. The van der Waals surface area contributed by atoms with Crippen LogP contribution in [0.15, 0.2) is 54.6 Å². The first kappa shape index (κ1) is 18.1. The van der Waals surface area contributed by atoms with Crippen LogP contribution in [0, 0.1) is 0 Å². The van der Waals surface area contributed by atoms with Gasteiger partial charge in [-0.3, -0.25) is 15.6 Å². The number of thiazole rings is 1. The maximum atomic E-state index is 12.2. The standard InChI is InChI=1S/C18H19N5OS2/c1-12(20-18-21-14-9-5-6-10-15(14)26-18)16(24)22-23-17(25)19-11-13-7-3-2-4-8-13/h2-10,12H,11H2,1H3,(H,20,21)(H,22,24)(H2,19,23,25)/t12-/m0/s1. The Morgan fingerprint density at radius 1 is 1.12 bits per heavy atom. The molecule has 1 atom stereocenters. The fourth-order valence-electron chi connectivity index (χ4n) is 2.23. The van der Waals surface area contributed by atoms with Gasteiger partial charge >= 0.3 is 0 Å². The number of fused-ring (bicyclic) bond motifs is 1. The van der Waals surface area contributed by atoms with Gasteiger partial charge in [-0.2, -0.15) is 0 Å². The molecule has 3 rings (SSSR count). The van der Waals surface area contributed by atoms with Crippen molar-refractivity contribution in [3.63, 3.8) is 0 Å². The molecule has 0 fully saturated rings. The van der Waals surface area contributed by atoms with E-state index in [0.29, 0.717) is 16.8 Å². The Morgan fingerprint density at radius 3 is 2.62 bits per heavy atom. The van der Waals surface area contributed by atoms with Crippen molar-refractivity contribution in [3.05, 3.63) is 60.2 Å². The number of nitrogens with one attached hydrogen (secondary N) is 4. The minimum atomic E-state index is -0.458. The Hall–Kier alpha value is -2.71. The van der Waals surface area contributed by atoms with Gasteiger partial charge in [0.05, 0.1) is 10.2 Å². The van der Waals surface area contributed by atoms with Gasteiger partial charge in [-0.15, -0.1) is 0 Å². The highest BCUT2D eigenvalue weighted by molar-refractivity contribution is 7.80. The first-order valence-corrected chi connectivity index (χ1v) is 9.34. The van der Waals surface area contributed by atoms with Crippen molar-refractivity contribution in [2.45, 2.75) is 19.5 Å². The number of carbonyl (C=O) groups excluding carboxylic acids is 1. The monoisotopic (exact) mass is 385 g/mol. The van der Waals surface area contributed by atoms with Crippen molar-refractivity contribution in [3.8, 4) is 0 Å². The number of para-hydroxylation sites is 1. The quantitative estimate of drug-likeness (QED) is 0.400. The molecule has 8 heteroatoms. The summed E-state index contributed by atoms with van der Waals surface area (Å²) in [4.78, 5) is 16.7. The number of aromatic nitrogens is 1. The summed E-state index contributed by atoms with van der Waals surface area (Å²) in [6.07, 6.45) is 0. The first-order chi connectivity index (χ1) is 12.6. The molecule has 0 saturated heterocycles. The molecule has 0 aliphatic carbocycles. The third-order valence-electron chi connectivity index (χ3n) is 3.62. The van der Waals surface area contributed by atoms with Crippen LogP contribution >= 0.6 is 23.6 Å². The third-order valence-corrected chi connectivity index (χ3v) is 4.84. The molecule has 1 heterocycles. The van der Waals surface area contributed by atoms with Crippen molar-refractivity contribution in [2.75, 3.05) is 5.32 Å². The number of hydrazine groups is 1. The Balaban J connectivity index is 1.44. The van der Waals surface area contributed by atoms with E-state index in [4.69, 9.17) is 12.2 Å². The summed E-state index contributed by atoms with van der Waals surface area (Å²) < 4.78 is 1.08. The van der Waals surface area contributed by atoms with E-state index in [-0.39, 0.29) is 5.91 Å². The Morgan fingerprint density at radius 2 is 1.85 bits per heavy atom. The molecule has 134 valence electrons. The lowest BCUT2D eigenvalue weighted by Crippen LogP contribution is -2.50. The average molecular weight is 386 g/mol. The normalized spacial score (nSPS) is 11.6. The molecule has 2 aromatic carbocycles. The molecular formula is C18H19N5OS2. The van der Waals surface area contributed by atoms with Gasteiger partial charge in [0.25, 0.3) is 5.91 Å². The fraction of sp³-hybridized carbons (Fsp3) is 0.167. The minimum Gasteiger partial charge on any atom is -0.357 e. The van der Waals surface area contributed by atoms with Crippen LogP contribution in [0.25, 0.3) is 10.2 Å². The van der Waals surface area contributed by atoms with Crippen molar-refractivity contribution in [2.24, 2.45) is 0 Å². The number of amides is 1. The van der Waals surface area contributed by atoms with Gasteiger partial charge < -0.3 is 10.6 Å². The zero-order valence-corrected chi connectivity index (χ0v) is 15.8. The summed E-state index contributed by atoms with van der Waals surface area (Å²) in [7, 11) is 0. The maximum Gasteiger partial charge on any atom is 0.260 e. The van der Waals surface area contributed by atoms with Gasteiger partial charge in [0.2, 0.25) is 0 Å². The lowest BCUT2D eigenvalue weighted by molar-refractivity contribution is -0.122. The molecule has 0 unspecified atom stereocenters. The van der Waals surface area contributed by atoms with Gasteiger partial charge in [0, 0.05) is 6.54 Å². The molecule has 3 aromatic rings. The number of anilines is 1. The number of hydrogen-bond donors (Lipinski definition) is 4. The van der Waals surface area contributed by atoms with Crippen molar-refractivity contribution in [1.82, 2.24) is 21.2 Å². The van der Waals surface area contributed by atoms with E-state index >= 15 is 0 Å². The second kappa shape index (κ2) is 8.59. The fourth-order valence-corrected chi connectivity index (χ4v) is 3.31. The summed E-state index contributed by atoms with van der Waals surface area (Å²) in [5, 5.41) is 7.20. The molecular weight excluding hydrogens is 366 g/mol. The van der Waals surface area contributed by atoms with Crippen LogP contribution in [0.5, 0.6) is 0 Å². The summed E-state index contributed by atoms with van der Waals surface area (Å²) >= 11 is 6.68. The van der Waals surface area contributed by atoms with Crippen LogP contribution in [0.3, 0.4) is 0 Å². The van der Waals surface area contributed by atoms with Crippen LogP contribution in [-0.2, 0) is 11.3 Å². The van der Waals surface area contributed by atoms with E-state index in [1.807, 2.05) is 54.6 Å². The average Bonchev–Trinajstić information content (AvgIpc) is 3.07. The lowest BCUT2D eigenvalue weighted by atomic mass is 10.2. The largest absolute Gasteiger partial charge is 0.357 e. The Bertz CT molecular complexity index is 864. The van der Waals surface area contributed by atoms with E-state index in [2.05, 4.69) is 26.5 Å². The number of benzene rings is 2. The van der Waals surface area contributed by atoms with Gasteiger partial charge in [0.1, 0.15) is 6.04 Å². The van der Waals surface area contributed by atoms with Crippen LogP contribution < -0.4 is 21.5 Å². The number of carbonyl (C=O) groups is 1. The predicted molar refractivity (Wildman–Crippen MR) is 110 cm³/mol. The number of thiocarbonyl (C=S) groups is 1. The third kappa shape index (κ3) is 4.90. The maximum absolute atomic E-state index is 12.2. The van der Waals surface area contributed by atoms with Gasteiger partial charge in [0.15, 0.2) is 10.2 Å². The molecule has 0 aliphatic rings. The summed E-state index contributed by atoms with van der Waals surface area (Å²) in [5.41, 5.74) is 7.32. The summed E-state index contributed by atoms with van der Waals surface area (Å²) in [6, 6.07) is 17.3. The van der Waals surface area contributed by atoms with E-state index < -0.39 is 6.04 Å². The number of rotatable bonds is 5. The summed E-state index contributed by atoms with van der Waals surface area (Å²) in [6.45, 7) is 2.35. The second-order valence-corrected chi connectivity index (χ2v) is 7.07. The van der Waals surface area contributed by atoms with E-state index in [1.165, 1.54) is 11.3 Å². The van der Waals surface area contributed by atoms with E-state index in [1.54, 1.807) is 6.92 Å². The topological polar surface area (TPSA) is 78.1 Å². The Kier molecular flexibility index (Phi) is 5.98. The molecule has 4 N–H and O–H groups in total. The first-order valence-electron chi connectivity index (χ1n) is 8.11. The Labute approximate surface area is 161 Å². The van der Waals surface area contributed by atoms with Gasteiger partial charge in [-0.25, -0.2) is 4.98 Å². The van der Waals surface area contributed by atoms with E-state index in [0.717, 1.165) is 15.8 Å². The molecule has 6 nitrogen and oxygen atoms in total. The van der Waals surface area contributed by atoms with Crippen molar-refractivity contribution < 1.29 is 4.79 Å². The highest BCUT2D eigenvalue weighted by Gasteiger charge is 2.14. The molecule has 1 amide bonds. The number of nitrogens with zero attached hydrogens (tertiary/aromatic N) is 1. The SMILES string of the molecule is C[C@H](Nc1nc2ccccc2s1)C(=O)NNC(=S)NCc1ccccc1. The minimum absolute atomic E-state index is 0.229. The summed E-state index contributed by atoms with van der Waals surface area (Å²) in [5.74, 6) is -0.229. The molecule has 0 saturated carbocycles. The molecule has 0 radical (unpaired) electrons. The molecule has 0 bridgehead atoms. The molecule has 1 aromatic heterocycles. The van der Waals surface area contributed by atoms with Crippen molar-refractivity contribution >= 4 is 49.9 Å². The lowest BCUT2D eigenvalue weighted by Gasteiger charge is -2.15. The predicted octanol–water partition coefficient (Wildman–Crippen LogP) is 2.79. The highest BCUT2D eigenvalue weighted by atomic mass is 32.1. The number of hydrogen-bond acceptors (Lipinski definition) is 5. The molecule has 0 aliphatic heterocycles. The zero-order valence-electron chi connectivity index (χ0n) is 14.2. The van der Waals surface area contributed by atoms with Gasteiger partial charge in [-0.1, -0.05) is 53.8 Å². The molecule has 0 spiro atoms. The smallest absolute Gasteiger partial charge is 0.260 e. The van der Waals surface area contributed by atoms with Crippen LogP contribution in [0.2, 0.25) is 0 Å². The van der Waals surface area contributed by atoms with Gasteiger partial charge in [-0.05, 0) is 36.8 Å². The van der Waals surface area contributed by atoms with Crippen molar-refractivity contribution in [1.29, 1.82) is 0 Å². The molecule has 26 heavy (non-hydrogen) atoms. The van der Waals surface area contributed by atoms with Crippen LogP contribution in [0.1, 0.15) is 12.5 Å². The second-order valence-electron chi connectivity index (χ2n) is 5.64. The van der Waals surface area contributed by atoms with Crippen LogP contribution in [0.4, 0.5) is 5.13 Å². The van der Waals surface area contributed by atoms with Crippen LogP contribution in [-0.4, -0.2) is 22.0 Å². The van der Waals surface area contributed by atoms with E-state index in [9.17, 15) is 4.79 Å². The highest BCUT2D eigenvalue weighted by Crippen LogP contribution is 2.25.